The third kappa shape index (κ3) is 2.40. The number of hydrogen-bond donors (Lipinski definition) is 1. The molecule has 0 saturated carbocycles. The summed E-state index contributed by atoms with van der Waals surface area (Å²) in [5, 5.41) is 9.16. The molecule has 0 aromatic carbocycles. The molecule has 1 atom stereocenters. The van der Waals surface area contributed by atoms with Crippen molar-refractivity contribution in [2.45, 2.75) is 45.6 Å². The molecule has 0 bridgehead atoms. The van der Waals surface area contributed by atoms with Gasteiger partial charge in [0.05, 0.1) is 17.9 Å². The van der Waals surface area contributed by atoms with E-state index in [0.29, 0.717) is 0 Å². The Kier molecular flexibility index (Phi) is 3.89. The zero-order chi connectivity index (χ0) is 14.1. The van der Waals surface area contributed by atoms with Crippen LogP contribution in [0.1, 0.15) is 52.6 Å². The molecule has 0 aliphatic heterocycles. The molecule has 3 rings (SSSR count). The Morgan fingerprint density at radius 3 is 2.85 bits per heavy atom. The van der Waals surface area contributed by atoms with E-state index in [1.54, 1.807) is 0 Å². The molecule has 0 amide bonds. The maximum Gasteiger partial charge on any atom is 0.115 e. The van der Waals surface area contributed by atoms with Crippen molar-refractivity contribution in [1.82, 2.24) is 20.1 Å². The van der Waals surface area contributed by atoms with Crippen LogP contribution in [0.15, 0.2) is 6.20 Å². The summed E-state index contributed by atoms with van der Waals surface area (Å²) in [5.41, 5.74) is 3.80. The molecule has 5 heteroatoms. The van der Waals surface area contributed by atoms with E-state index in [1.165, 1.54) is 46.1 Å². The van der Waals surface area contributed by atoms with Crippen molar-refractivity contribution in [3.05, 3.63) is 33.0 Å². The minimum absolute atomic E-state index is 0.185. The molecule has 0 radical (unpaired) electrons. The number of thiazole rings is 1. The van der Waals surface area contributed by atoms with E-state index < -0.39 is 0 Å². The van der Waals surface area contributed by atoms with Gasteiger partial charge in [0.15, 0.2) is 0 Å². The summed E-state index contributed by atoms with van der Waals surface area (Å²) in [6.07, 6.45) is 6.93. The van der Waals surface area contributed by atoms with Crippen molar-refractivity contribution in [1.29, 1.82) is 0 Å². The molecule has 1 aliphatic rings. The molecular weight excluding hydrogens is 268 g/mol. The van der Waals surface area contributed by atoms with Gasteiger partial charge < -0.3 is 5.32 Å². The number of rotatable bonds is 4. The van der Waals surface area contributed by atoms with E-state index in [2.05, 4.69) is 24.3 Å². The summed E-state index contributed by atoms with van der Waals surface area (Å²) in [6, 6.07) is 0.185. The molecule has 108 valence electrons. The summed E-state index contributed by atoms with van der Waals surface area (Å²) in [7, 11) is 1.99. The van der Waals surface area contributed by atoms with Gasteiger partial charge in [0, 0.05) is 23.2 Å². The molecule has 1 aliphatic carbocycles. The van der Waals surface area contributed by atoms with E-state index in [4.69, 9.17) is 4.98 Å². The lowest BCUT2D eigenvalue weighted by Crippen LogP contribution is -2.22. The number of aromatic nitrogens is 3. The van der Waals surface area contributed by atoms with Gasteiger partial charge in [-0.2, -0.15) is 5.10 Å². The minimum Gasteiger partial charge on any atom is -0.304 e. The first-order valence-corrected chi connectivity index (χ1v) is 8.22. The van der Waals surface area contributed by atoms with Crippen LogP contribution >= 0.6 is 11.3 Å². The second-order valence-corrected chi connectivity index (χ2v) is 6.54. The van der Waals surface area contributed by atoms with Crippen LogP contribution in [0, 0.1) is 6.92 Å². The Bertz CT molecular complexity index is 576. The van der Waals surface area contributed by atoms with Gasteiger partial charge in [-0.3, -0.25) is 4.68 Å². The maximum absolute atomic E-state index is 4.92. The Morgan fingerprint density at radius 1 is 1.40 bits per heavy atom. The fourth-order valence-electron chi connectivity index (χ4n) is 2.83. The van der Waals surface area contributed by atoms with E-state index in [1.807, 2.05) is 29.3 Å². The third-order valence-electron chi connectivity index (χ3n) is 4.10. The van der Waals surface area contributed by atoms with Crippen LogP contribution in [0.3, 0.4) is 0 Å². The number of aryl methyl sites for hydroxylation is 3. The fourth-order valence-corrected chi connectivity index (χ4v) is 4.08. The number of nitrogens with zero attached hydrogens (tertiary/aromatic N) is 3. The van der Waals surface area contributed by atoms with E-state index in [0.717, 1.165) is 13.0 Å². The smallest absolute Gasteiger partial charge is 0.115 e. The molecule has 0 spiro atoms. The van der Waals surface area contributed by atoms with Gasteiger partial charge in [-0.05, 0) is 39.2 Å². The number of fused-ring (bicyclic) bond motifs is 1. The third-order valence-corrected chi connectivity index (χ3v) is 5.32. The predicted octanol–water partition coefficient (Wildman–Crippen LogP) is 2.76. The van der Waals surface area contributed by atoms with E-state index in [-0.39, 0.29) is 6.04 Å². The first-order valence-electron chi connectivity index (χ1n) is 7.41. The van der Waals surface area contributed by atoms with Crippen LogP contribution in [0.25, 0.3) is 0 Å². The largest absolute Gasteiger partial charge is 0.304 e. The van der Waals surface area contributed by atoms with Crippen molar-refractivity contribution in [2.75, 3.05) is 6.54 Å². The molecule has 1 N–H and O–H groups in total. The molecule has 4 nitrogen and oxygen atoms in total. The summed E-state index contributed by atoms with van der Waals surface area (Å²) in [5.74, 6) is 0. The van der Waals surface area contributed by atoms with Gasteiger partial charge in [-0.1, -0.05) is 6.92 Å². The van der Waals surface area contributed by atoms with Gasteiger partial charge in [-0.15, -0.1) is 11.3 Å². The Labute approximate surface area is 124 Å². The molecule has 1 unspecified atom stereocenters. The minimum atomic E-state index is 0.185. The highest BCUT2D eigenvalue weighted by Crippen LogP contribution is 2.33. The van der Waals surface area contributed by atoms with Crippen molar-refractivity contribution >= 4 is 11.3 Å². The Balaban J connectivity index is 1.98. The highest BCUT2D eigenvalue weighted by atomic mass is 32.1. The summed E-state index contributed by atoms with van der Waals surface area (Å²) in [4.78, 5) is 6.41. The highest BCUT2D eigenvalue weighted by molar-refractivity contribution is 7.11. The van der Waals surface area contributed by atoms with Gasteiger partial charge in [0.2, 0.25) is 0 Å². The first kappa shape index (κ1) is 13.8. The second kappa shape index (κ2) is 5.66. The summed E-state index contributed by atoms with van der Waals surface area (Å²) < 4.78 is 1.94. The normalized spacial score (nSPS) is 16.1. The molecule has 20 heavy (non-hydrogen) atoms. The average molecular weight is 290 g/mol. The van der Waals surface area contributed by atoms with Crippen LogP contribution in [-0.2, 0) is 19.9 Å². The zero-order valence-electron chi connectivity index (χ0n) is 12.4. The predicted molar refractivity (Wildman–Crippen MR) is 82.2 cm³/mol. The molecule has 0 saturated heterocycles. The Morgan fingerprint density at radius 2 is 2.20 bits per heavy atom. The lowest BCUT2D eigenvalue weighted by molar-refractivity contribution is 0.615. The van der Waals surface area contributed by atoms with Crippen LogP contribution < -0.4 is 5.32 Å². The van der Waals surface area contributed by atoms with Crippen LogP contribution in [0.5, 0.6) is 0 Å². The molecule has 0 fully saturated rings. The fraction of sp³-hybridized carbons (Fsp3) is 0.600. The van der Waals surface area contributed by atoms with Gasteiger partial charge in [0.25, 0.3) is 0 Å². The molecule has 2 aromatic heterocycles. The van der Waals surface area contributed by atoms with Crippen molar-refractivity contribution in [3.63, 3.8) is 0 Å². The van der Waals surface area contributed by atoms with E-state index in [9.17, 15) is 0 Å². The average Bonchev–Trinajstić information content (AvgIpc) is 3.01. The lowest BCUT2D eigenvalue weighted by Gasteiger charge is -2.15. The standard InChI is InChI=1S/C15H22N4S/c1-4-16-14(11-9-17-19(3)10(11)2)15-18-12-7-5-6-8-13(12)20-15/h9,14,16H,4-8H2,1-3H3. The topological polar surface area (TPSA) is 42.7 Å². The quantitative estimate of drug-likeness (QED) is 0.941. The van der Waals surface area contributed by atoms with Gasteiger partial charge >= 0.3 is 0 Å². The molecule has 2 aromatic rings. The highest BCUT2D eigenvalue weighted by Gasteiger charge is 2.24. The van der Waals surface area contributed by atoms with Crippen molar-refractivity contribution in [3.8, 4) is 0 Å². The van der Waals surface area contributed by atoms with Crippen LogP contribution in [0.4, 0.5) is 0 Å². The van der Waals surface area contributed by atoms with E-state index >= 15 is 0 Å². The zero-order valence-corrected chi connectivity index (χ0v) is 13.3. The number of nitrogens with one attached hydrogen (secondary N) is 1. The van der Waals surface area contributed by atoms with Crippen molar-refractivity contribution in [2.24, 2.45) is 7.05 Å². The maximum atomic E-state index is 4.92. The van der Waals surface area contributed by atoms with Gasteiger partial charge in [0.1, 0.15) is 5.01 Å². The monoisotopic (exact) mass is 290 g/mol. The molecular formula is C15H22N4S. The Hall–Kier alpha value is -1.20. The molecule has 2 heterocycles. The SMILES string of the molecule is CCNC(c1nc2c(s1)CCCC2)c1cnn(C)c1C. The summed E-state index contributed by atoms with van der Waals surface area (Å²) in [6.45, 7) is 5.20. The van der Waals surface area contributed by atoms with Crippen molar-refractivity contribution < 1.29 is 0 Å². The number of hydrogen-bond acceptors (Lipinski definition) is 4. The summed E-state index contributed by atoms with van der Waals surface area (Å²) >= 11 is 1.89. The first-order chi connectivity index (χ1) is 9.70. The second-order valence-electron chi connectivity index (χ2n) is 5.43. The van der Waals surface area contributed by atoms with Crippen LogP contribution in [-0.4, -0.2) is 21.3 Å². The van der Waals surface area contributed by atoms with Gasteiger partial charge in [-0.25, -0.2) is 4.98 Å². The van der Waals surface area contributed by atoms with Crippen LogP contribution in [0.2, 0.25) is 0 Å². The lowest BCUT2D eigenvalue weighted by atomic mass is 10.0.